The molecule has 0 aromatic heterocycles. The third-order valence-electron chi connectivity index (χ3n) is 2.86. The van der Waals surface area contributed by atoms with Crippen molar-refractivity contribution in [1.82, 2.24) is 0 Å². The van der Waals surface area contributed by atoms with Crippen molar-refractivity contribution in [2.75, 3.05) is 11.9 Å². The van der Waals surface area contributed by atoms with Crippen LogP contribution in [0.5, 0.6) is 0 Å². The van der Waals surface area contributed by atoms with Crippen molar-refractivity contribution in [1.29, 1.82) is 0 Å². The number of rotatable bonds is 5. The van der Waals surface area contributed by atoms with E-state index < -0.39 is 5.97 Å². The lowest BCUT2D eigenvalue weighted by Crippen LogP contribution is -2.06. The van der Waals surface area contributed by atoms with Crippen molar-refractivity contribution < 1.29 is 9.90 Å². The Bertz CT molecular complexity index is 612. The minimum absolute atomic E-state index is 0.211. The summed E-state index contributed by atoms with van der Waals surface area (Å²) in [6.07, 6.45) is 0.796. The molecule has 20 heavy (non-hydrogen) atoms. The summed E-state index contributed by atoms with van der Waals surface area (Å²) in [6, 6.07) is 12.2. The lowest BCUT2D eigenvalue weighted by Gasteiger charge is -2.09. The number of anilines is 1. The van der Waals surface area contributed by atoms with Gasteiger partial charge in [-0.2, -0.15) is 0 Å². The largest absolute Gasteiger partial charge is 0.478 e. The first-order valence-electron chi connectivity index (χ1n) is 6.07. The van der Waals surface area contributed by atoms with Crippen LogP contribution in [0.25, 0.3) is 0 Å². The average Bonchev–Trinajstić information content (AvgIpc) is 2.43. The minimum atomic E-state index is -0.970. The van der Waals surface area contributed by atoms with Crippen LogP contribution in [0.15, 0.2) is 42.5 Å². The predicted molar refractivity (Wildman–Crippen MR) is 82.1 cm³/mol. The van der Waals surface area contributed by atoms with E-state index in [4.69, 9.17) is 28.3 Å². The van der Waals surface area contributed by atoms with Crippen molar-refractivity contribution in [2.24, 2.45) is 0 Å². The fourth-order valence-electron chi connectivity index (χ4n) is 1.79. The molecule has 2 aromatic rings. The van der Waals surface area contributed by atoms with E-state index in [2.05, 4.69) is 5.32 Å². The maximum atomic E-state index is 10.9. The van der Waals surface area contributed by atoms with E-state index in [9.17, 15) is 4.79 Å². The Morgan fingerprint density at radius 1 is 1.10 bits per heavy atom. The van der Waals surface area contributed by atoms with Crippen molar-refractivity contribution in [3.8, 4) is 0 Å². The van der Waals surface area contributed by atoms with Crippen LogP contribution in [0.1, 0.15) is 15.9 Å². The molecule has 0 fully saturated rings. The molecule has 2 aromatic carbocycles. The number of hydrogen-bond acceptors (Lipinski definition) is 2. The van der Waals surface area contributed by atoms with E-state index in [0.29, 0.717) is 22.3 Å². The fraction of sp³-hybridized carbons (Fsp3) is 0.133. The Kier molecular flexibility index (Phi) is 4.88. The van der Waals surface area contributed by atoms with Gasteiger partial charge in [0, 0.05) is 11.6 Å². The number of carboxylic acid groups (broad SMARTS) is 1. The lowest BCUT2D eigenvalue weighted by molar-refractivity contribution is 0.0697. The highest BCUT2D eigenvalue weighted by Gasteiger charge is 2.06. The summed E-state index contributed by atoms with van der Waals surface area (Å²) in [5.41, 5.74) is 1.98. The van der Waals surface area contributed by atoms with Gasteiger partial charge in [-0.25, -0.2) is 4.79 Å². The molecule has 2 N–H and O–H groups in total. The van der Waals surface area contributed by atoms with Crippen LogP contribution in [0.3, 0.4) is 0 Å². The van der Waals surface area contributed by atoms with Crippen LogP contribution < -0.4 is 5.32 Å². The third-order valence-corrected chi connectivity index (χ3v) is 3.44. The highest BCUT2D eigenvalue weighted by atomic mass is 35.5. The number of aromatic carboxylic acids is 1. The molecule has 3 nitrogen and oxygen atoms in total. The molecule has 0 aliphatic heterocycles. The van der Waals surface area contributed by atoms with Gasteiger partial charge in [-0.3, -0.25) is 0 Å². The molecule has 0 aliphatic rings. The summed E-state index contributed by atoms with van der Waals surface area (Å²) in [4.78, 5) is 10.9. The molecule has 0 heterocycles. The first-order valence-corrected chi connectivity index (χ1v) is 6.83. The SMILES string of the molecule is O=C(O)c1ccc(Cl)c(NCCc2ccc(Cl)cc2)c1. The van der Waals surface area contributed by atoms with Gasteiger partial charge in [-0.05, 0) is 42.3 Å². The molecule has 0 spiro atoms. The second kappa shape index (κ2) is 6.64. The number of nitrogens with one attached hydrogen (secondary N) is 1. The van der Waals surface area contributed by atoms with Gasteiger partial charge >= 0.3 is 5.97 Å². The monoisotopic (exact) mass is 309 g/mol. The van der Waals surface area contributed by atoms with Crippen molar-refractivity contribution >= 4 is 34.9 Å². The highest BCUT2D eigenvalue weighted by Crippen LogP contribution is 2.23. The molecule has 2 rings (SSSR count). The number of hydrogen-bond donors (Lipinski definition) is 2. The Morgan fingerprint density at radius 3 is 2.45 bits per heavy atom. The van der Waals surface area contributed by atoms with Gasteiger partial charge in [0.25, 0.3) is 0 Å². The van der Waals surface area contributed by atoms with Gasteiger partial charge in [0.1, 0.15) is 0 Å². The van der Waals surface area contributed by atoms with Gasteiger partial charge in [0.2, 0.25) is 0 Å². The average molecular weight is 310 g/mol. The number of carbonyl (C=O) groups is 1. The van der Waals surface area contributed by atoms with E-state index in [1.807, 2.05) is 24.3 Å². The van der Waals surface area contributed by atoms with Gasteiger partial charge in [-0.15, -0.1) is 0 Å². The topological polar surface area (TPSA) is 49.3 Å². The molecular weight excluding hydrogens is 297 g/mol. The molecule has 0 radical (unpaired) electrons. The fourth-order valence-corrected chi connectivity index (χ4v) is 2.10. The second-order valence-corrected chi connectivity index (χ2v) is 5.15. The third kappa shape index (κ3) is 3.89. The summed E-state index contributed by atoms with van der Waals surface area (Å²) in [7, 11) is 0. The van der Waals surface area contributed by atoms with Crippen molar-refractivity contribution in [3.63, 3.8) is 0 Å². The van der Waals surface area contributed by atoms with E-state index in [1.54, 1.807) is 6.07 Å². The van der Waals surface area contributed by atoms with Crippen LogP contribution in [-0.2, 0) is 6.42 Å². The maximum Gasteiger partial charge on any atom is 0.335 e. The van der Waals surface area contributed by atoms with E-state index >= 15 is 0 Å². The van der Waals surface area contributed by atoms with Crippen LogP contribution in [-0.4, -0.2) is 17.6 Å². The molecule has 0 aliphatic carbocycles. The van der Waals surface area contributed by atoms with Gasteiger partial charge in [-0.1, -0.05) is 35.3 Å². The number of halogens is 2. The summed E-state index contributed by atoms with van der Waals surface area (Å²) in [6.45, 7) is 0.657. The molecule has 0 bridgehead atoms. The Balaban J connectivity index is 1.98. The minimum Gasteiger partial charge on any atom is -0.478 e. The normalized spacial score (nSPS) is 10.3. The number of carboxylic acids is 1. The summed E-state index contributed by atoms with van der Waals surface area (Å²) in [5, 5.41) is 13.3. The second-order valence-electron chi connectivity index (χ2n) is 4.30. The predicted octanol–water partition coefficient (Wildman–Crippen LogP) is 4.35. The summed E-state index contributed by atoms with van der Waals surface area (Å²) >= 11 is 11.9. The standard InChI is InChI=1S/C15H13Cl2NO2/c16-12-4-1-10(2-5-12)7-8-18-14-9-11(15(19)20)3-6-13(14)17/h1-6,9,18H,7-8H2,(H,19,20). The van der Waals surface area contributed by atoms with Crippen LogP contribution >= 0.6 is 23.2 Å². The Hall–Kier alpha value is -1.71. The Morgan fingerprint density at radius 2 is 1.80 bits per heavy atom. The van der Waals surface area contributed by atoms with Gasteiger partial charge < -0.3 is 10.4 Å². The first kappa shape index (κ1) is 14.7. The molecule has 104 valence electrons. The van der Waals surface area contributed by atoms with Gasteiger partial charge in [0.15, 0.2) is 0 Å². The quantitative estimate of drug-likeness (QED) is 0.863. The summed E-state index contributed by atoms with van der Waals surface area (Å²) in [5.74, 6) is -0.970. The lowest BCUT2D eigenvalue weighted by atomic mass is 10.1. The zero-order valence-electron chi connectivity index (χ0n) is 10.6. The molecule has 0 saturated heterocycles. The van der Waals surface area contributed by atoms with E-state index in [0.717, 1.165) is 12.0 Å². The molecular formula is C15H13Cl2NO2. The number of benzene rings is 2. The van der Waals surface area contributed by atoms with Crippen LogP contribution in [0.4, 0.5) is 5.69 Å². The van der Waals surface area contributed by atoms with Crippen LogP contribution in [0, 0.1) is 0 Å². The first-order chi connectivity index (χ1) is 9.56. The zero-order chi connectivity index (χ0) is 14.5. The highest BCUT2D eigenvalue weighted by molar-refractivity contribution is 6.33. The molecule has 0 unspecified atom stereocenters. The molecule has 0 atom stereocenters. The maximum absolute atomic E-state index is 10.9. The van der Waals surface area contributed by atoms with Crippen molar-refractivity contribution in [2.45, 2.75) is 6.42 Å². The molecule has 0 saturated carbocycles. The van der Waals surface area contributed by atoms with Gasteiger partial charge in [0.05, 0.1) is 16.3 Å². The summed E-state index contributed by atoms with van der Waals surface area (Å²) < 4.78 is 0. The molecule has 0 amide bonds. The van der Waals surface area contributed by atoms with Crippen molar-refractivity contribution in [3.05, 3.63) is 63.6 Å². The molecule has 5 heteroatoms. The zero-order valence-corrected chi connectivity index (χ0v) is 12.1. The smallest absolute Gasteiger partial charge is 0.335 e. The van der Waals surface area contributed by atoms with Crippen LogP contribution in [0.2, 0.25) is 10.0 Å². The van der Waals surface area contributed by atoms with E-state index in [-0.39, 0.29) is 5.56 Å². The van der Waals surface area contributed by atoms with E-state index in [1.165, 1.54) is 12.1 Å². The Labute approximate surface area is 127 Å².